The molecule has 0 bridgehead atoms. The monoisotopic (exact) mass is 280 g/mol. The second-order valence-electron chi connectivity index (χ2n) is 4.85. The van der Waals surface area contributed by atoms with Crippen molar-refractivity contribution in [2.24, 2.45) is 0 Å². The average Bonchev–Trinajstić information content (AvgIpc) is 2.97. The molecule has 0 aliphatic heterocycles. The lowest BCUT2D eigenvalue weighted by Gasteiger charge is -2.06. The molecule has 1 aromatic heterocycles. The molecule has 2 N–H and O–H groups in total. The molecule has 0 saturated carbocycles. The number of aromatic nitrogens is 3. The number of hydrogen-bond acceptors (Lipinski definition) is 4. The molecule has 0 aliphatic carbocycles. The highest BCUT2D eigenvalue weighted by molar-refractivity contribution is 5.67. The summed E-state index contributed by atoms with van der Waals surface area (Å²) < 4.78 is 7.09. The summed E-state index contributed by atoms with van der Waals surface area (Å²) in [6, 6.07) is 13.5. The summed E-state index contributed by atoms with van der Waals surface area (Å²) in [6.07, 6.45) is 1.87. The standard InChI is InChI=1S/C16H16N4O/c1-11-6-7-16(21-2)14(8-11)15-10-20(19-18-15)13-5-3-4-12(17)9-13/h3-10H,17H2,1-2H3. The van der Waals surface area contributed by atoms with Gasteiger partial charge in [-0.1, -0.05) is 22.9 Å². The predicted molar refractivity (Wildman–Crippen MR) is 82.5 cm³/mol. The Kier molecular flexibility index (Phi) is 3.31. The van der Waals surface area contributed by atoms with Crippen LogP contribution in [0.25, 0.3) is 16.9 Å². The van der Waals surface area contributed by atoms with E-state index in [4.69, 9.17) is 10.5 Å². The van der Waals surface area contributed by atoms with Gasteiger partial charge in [0.15, 0.2) is 0 Å². The highest BCUT2D eigenvalue weighted by Crippen LogP contribution is 2.29. The van der Waals surface area contributed by atoms with Crippen molar-refractivity contribution in [2.45, 2.75) is 6.92 Å². The number of aryl methyl sites for hydroxylation is 1. The Morgan fingerprint density at radius 2 is 2.00 bits per heavy atom. The Morgan fingerprint density at radius 1 is 1.14 bits per heavy atom. The van der Waals surface area contributed by atoms with E-state index in [1.807, 2.05) is 55.6 Å². The normalized spacial score (nSPS) is 10.6. The van der Waals surface area contributed by atoms with Crippen LogP contribution in [0.1, 0.15) is 5.56 Å². The van der Waals surface area contributed by atoms with Gasteiger partial charge in [0.25, 0.3) is 0 Å². The van der Waals surface area contributed by atoms with Crippen LogP contribution in [-0.2, 0) is 0 Å². The molecule has 0 aliphatic rings. The van der Waals surface area contributed by atoms with Gasteiger partial charge in [-0.25, -0.2) is 4.68 Å². The number of rotatable bonds is 3. The van der Waals surface area contributed by atoms with Crippen molar-refractivity contribution in [3.05, 3.63) is 54.2 Å². The molecule has 0 unspecified atom stereocenters. The summed E-state index contributed by atoms with van der Waals surface area (Å²) in [4.78, 5) is 0. The van der Waals surface area contributed by atoms with Crippen LogP contribution in [0, 0.1) is 6.92 Å². The molecule has 3 rings (SSSR count). The van der Waals surface area contributed by atoms with E-state index in [-0.39, 0.29) is 0 Å². The summed E-state index contributed by atoms with van der Waals surface area (Å²) in [6.45, 7) is 2.03. The molecule has 5 nitrogen and oxygen atoms in total. The highest BCUT2D eigenvalue weighted by Gasteiger charge is 2.11. The van der Waals surface area contributed by atoms with Crippen LogP contribution in [-0.4, -0.2) is 22.1 Å². The van der Waals surface area contributed by atoms with Crippen LogP contribution in [0.2, 0.25) is 0 Å². The van der Waals surface area contributed by atoms with Gasteiger partial charge in [-0.3, -0.25) is 0 Å². The molecule has 0 spiro atoms. The van der Waals surface area contributed by atoms with Gasteiger partial charge in [0.05, 0.1) is 19.0 Å². The van der Waals surface area contributed by atoms with Crippen molar-refractivity contribution >= 4 is 5.69 Å². The topological polar surface area (TPSA) is 66.0 Å². The number of nitrogens with zero attached hydrogens (tertiary/aromatic N) is 3. The second kappa shape index (κ2) is 5.28. The Bertz CT molecular complexity index is 779. The Labute approximate surface area is 123 Å². The van der Waals surface area contributed by atoms with Crippen LogP contribution in [0.3, 0.4) is 0 Å². The molecule has 1 heterocycles. The van der Waals surface area contributed by atoms with Gasteiger partial charge in [0, 0.05) is 11.3 Å². The maximum absolute atomic E-state index is 5.80. The first-order valence-electron chi connectivity index (χ1n) is 6.60. The SMILES string of the molecule is COc1ccc(C)cc1-c1cn(-c2cccc(N)c2)nn1. The minimum Gasteiger partial charge on any atom is -0.496 e. The molecule has 0 fully saturated rings. The zero-order chi connectivity index (χ0) is 14.8. The number of ether oxygens (including phenoxy) is 1. The third kappa shape index (κ3) is 2.58. The number of nitrogen functional groups attached to an aromatic ring is 1. The van der Waals surface area contributed by atoms with Gasteiger partial charge >= 0.3 is 0 Å². The minimum absolute atomic E-state index is 0.692. The summed E-state index contributed by atoms with van der Waals surface area (Å²) >= 11 is 0. The molecular weight excluding hydrogens is 264 g/mol. The van der Waals surface area contributed by atoms with Crippen molar-refractivity contribution in [3.8, 4) is 22.7 Å². The third-order valence-electron chi connectivity index (χ3n) is 3.26. The first kappa shape index (κ1) is 13.2. The smallest absolute Gasteiger partial charge is 0.128 e. The van der Waals surface area contributed by atoms with Crippen LogP contribution in [0.5, 0.6) is 5.75 Å². The van der Waals surface area contributed by atoms with Crippen LogP contribution < -0.4 is 10.5 Å². The van der Waals surface area contributed by atoms with Crippen LogP contribution in [0.15, 0.2) is 48.7 Å². The van der Waals surface area contributed by atoms with E-state index >= 15 is 0 Å². The lowest BCUT2D eigenvalue weighted by molar-refractivity contribution is 0.416. The number of nitrogens with two attached hydrogens (primary N) is 1. The maximum Gasteiger partial charge on any atom is 0.128 e. The fourth-order valence-corrected chi connectivity index (χ4v) is 2.20. The van der Waals surface area contributed by atoms with Gasteiger partial charge in [-0.2, -0.15) is 0 Å². The molecule has 21 heavy (non-hydrogen) atoms. The largest absolute Gasteiger partial charge is 0.496 e. The molecule has 106 valence electrons. The van der Waals surface area contributed by atoms with Crippen molar-refractivity contribution in [1.29, 1.82) is 0 Å². The van der Waals surface area contributed by atoms with Crippen LogP contribution >= 0.6 is 0 Å². The van der Waals surface area contributed by atoms with E-state index in [2.05, 4.69) is 10.3 Å². The first-order chi connectivity index (χ1) is 10.2. The summed E-state index contributed by atoms with van der Waals surface area (Å²) in [5, 5.41) is 8.40. The fourth-order valence-electron chi connectivity index (χ4n) is 2.20. The van der Waals surface area contributed by atoms with Crippen LogP contribution in [0.4, 0.5) is 5.69 Å². The molecule has 2 aromatic carbocycles. The fraction of sp³-hybridized carbons (Fsp3) is 0.125. The lowest BCUT2D eigenvalue weighted by Crippen LogP contribution is -1.95. The molecule has 0 radical (unpaired) electrons. The lowest BCUT2D eigenvalue weighted by atomic mass is 10.1. The van der Waals surface area contributed by atoms with Gasteiger partial charge in [0.1, 0.15) is 11.4 Å². The summed E-state index contributed by atoms with van der Waals surface area (Å²) in [7, 11) is 1.65. The number of anilines is 1. The van der Waals surface area contributed by atoms with Crippen molar-refractivity contribution in [1.82, 2.24) is 15.0 Å². The zero-order valence-electron chi connectivity index (χ0n) is 11.9. The summed E-state index contributed by atoms with van der Waals surface area (Å²) in [5.74, 6) is 0.778. The van der Waals surface area contributed by atoms with E-state index in [0.717, 1.165) is 28.3 Å². The van der Waals surface area contributed by atoms with E-state index in [0.29, 0.717) is 5.69 Å². The van der Waals surface area contributed by atoms with E-state index in [1.165, 1.54) is 0 Å². The number of methoxy groups -OCH3 is 1. The molecule has 0 atom stereocenters. The molecule has 0 amide bonds. The van der Waals surface area contributed by atoms with E-state index in [9.17, 15) is 0 Å². The molecule has 5 heteroatoms. The Morgan fingerprint density at radius 3 is 2.76 bits per heavy atom. The van der Waals surface area contributed by atoms with Gasteiger partial charge in [-0.05, 0) is 37.3 Å². The van der Waals surface area contributed by atoms with Crippen molar-refractivity contribution in [2.75, 3.05) is 12.8 Å². The quantitative estimate of drug-likeness (QED) is 0.749. The molecule has 0 saturated heterocycles. The highest BCUT2D eigenvalue weighted by atomic mass is 16.5. The summed E-state index contributed by atoms with van der Waals surface area (Å²) in [5.41, 5.74) is 10.2. The van der Waals surface area contributed by atoms with E-state index in [1.54, 1.807) is 11.8 Å². The predicted octanol–water partition coefficient (Wildman–Crippen LogP) is 2.83. The van der Waals surface area contributed by atoms with E-state index < -0.39 is 0 Å². The molecular formula is C16H16N4O. The zero-order valence-corrected chi connectivity index (χ0v) is 11.9. The molecule has 3 aromatic rings. The minimum atomic E-state index is 0.692. The average molecular weight is 280 g/mol. The second-order valence-corrected chi connectivity index (χ2v) is 4.85. The Balaban J connectivity index is 2.04. The van der Waals surface area contributed by atoms with Gasteiger partial charge < -0.3 is 10.5 Å². The van der Waals surface area contributed by atoms with Crippen molar-refractivity contribution in [3.63, 3.8) is 0 Å². The van der Waals surface area contributed by atoms with Gasteiger partial charge in [-0.15, -0.1) is 5.10 Å². The number of benzene rings is 2. The van der Waals surface area contributed by atoms with Gasteiger partial charge in [0.2, 0.25) is 0 Å². The Hall–Kier alpha value is -2.82. The maximum atomic E-state index is 5.80. The number of hydrogen-bond donors (Lipinski definition) is 1. The van der Waals surface area contributed by atoms with Crippen molar-refractivity contribution < 1.29 is 4.74 Å². The first-order valence-corrected chi connectivity index (χ1v) is 6.60. The third-order valence-corrected chi connectivity index (χ3v) is 3.26.